The molecule has 0 unspecified atom stereocenters. The van der Waals surface area contributed by atoms with E-state index in [0.29, 0.717) is 27.1 Å². The van der Waals surface area contributed by atoms with Gasteiger partial charge in [-0.05, 0) is 29.8 Å². The lowest BCUT2D eigenvalue weighted by Crippen LogP contribution is -2.28. The summed E-state index contributed by atoms with van der Waals surface area (Å²) in [5.41, 5.74) is 1.17. The SMILES string of the molecule is COc1ccc(CN(C)S(=O)(=O)Cc2c(Cl)cccc2Cl)cc1OC. The standard InChI is InChI=1S/C17H19Cl2NO4S/c1-20(10-12-7-8-16(23-2)17(9-12)24-3)25(21,22)11-13-14(18)5-4-6-15(13)19/h4-9H,10-11H2,1-3H3. The first-order chi connectivity index (χ1) is 11.8. The van der Waals surface area contributed by atoms with Crippen LogP contribution in [0.25, 0.3) is 0 Å². The molecule has 0 fully saturated rings. The number of hydrogen-bond donors (Lipinski definition) is 0. The minimum atomic E-state index is -3.60. The van der Waals surface area contributed by atoms with Crippen molar-refractivity contribution in [1.82, 2.24) is 4.31 Å². The highest BCUT2D eigenvalue weighted by atomic mass is 35.5. The third-order valence-corrected chi connectivity index (χ3v) is 6.16. The Bertz CT molecular complexity index is 835. The van der Waals surface area contributed by atoms with Gasteiger partial charge in [0, 0.05) is 29.2 Å². The molecule has 0 heterocycles. The Morgan fingerprint density at radius 2 is 1.60 bits per heavy atom. The second-order valence-corrected chi connectivity index (χ2v) is 8.29. The normalized spacial score (nSPS) is 11.6. The van der Waals surface area contributed by atoms with Crippen molar-refractivity contribution >= 4 is 33.2 Å². The molecule has 25 heavy (non-hydrogen) atoms. The number of hydrogen-bond acceptors (Lipinski definition) is 4. The Morgan fingerprint density at radius 3 is 2.16 bits per heavy atom. The molecule has 0 saturated carbocycles. The fourth-order valence-corrected chi connectivity index (χ4v) is 4.23. The molecule has 2 aromatic rings. The van der Waals surface area contributed by atoms with E-state index in [-0.39, 0.29) is 12.3 Å². The predicted molar refractivity (Wildman–Crippen MR) is 100 cm³/mol. The summed E-state index contributed by atoms with van der Waals surface area (Å²) in [6.45, 7) is 0.185. The molecule has 0 amide bonds. The highest BCUT2D eigenvalue weighted by molar-refractivity contribution is 7.88. The highest BCUT2D eigenvalue weighted by Gasteiger charge is 2.22. The number of methoxy groups -OCH3 is 2. The number of sulfonamides is 1. The van der Waals surface area contributed by atoms with Crippen molar-refractivity contribution in [2.24, 2.45) is 0 Å². The van der Waals surface area contributed by atoms with Crippen molar-refractivity contribution in [1.29, 1.82) is 0 Å². The van der Waals surface area contributed by atoms with Crippen LogP contribution in [0.15, 0.2) is 36.4 Å². The van der Waals surface area contributed by atoms with Gasteiger partial charge in [0.2, 0.25) is 10.0 Å². The van der Waals surface area contributed by atoms with Crippen LogP contribution in [0.2, 0.25) is 10.0 Å². The number of nitrogens with zero attached hydrogens (tertiary/aromatic N) is 1. The molecule has 0 aliphatic carbocycles. The van der Waals surface area contributed by atoms with Gasteiger partial charge < -0.3 is 9.47 Å². The average Bonchev–Trinajstić information content (AvgIpc) is 2.58. The van der Waals surface area contributed by atoms with Crippen molar-refractivity contribution in [2.75, 3.05) is 21.3 Å². The lowest BCUT2D eigenvalue weighted by Gasteiger charge is -2.19. The van der Waals surface area contributed by atoms with Crippen LogP contribution in [-0.2, 0) is 22.3 Å². The number of ether oxygens (including phenoxy) is 2. The van der Waals surface area contributed by atoms with E-state index in [2.05, 4.69) is 0 Å². The largest absolute Gasteiger partial charge is 0.493 e. The molecule has 0 N–H and O–H groups in total. The number of rotatable bonds is 7. The van der Waals surface area contributed by atoms with Crippen LogP contribution in [0.4, 0.5) is 0 Å². The maximum absolute atomic E-state index is 12.6. The molecule has 136 valence electrons. The Kier molecular flexibility index (Phi) is 6.57. The van der Waals surface area contributed by atoms with Crippen LogP contribution in [-0.4, -0.2) is 34.0 Å². The van der Waals surface area contributed by atoms with Gasteiger partial charge >= 0.3 is 0 Å². The quantitative estimate of drug-likeness (QED) is 0.701. The van der Waals surface area contributed by atoms with Gasteiger partial charge in [0.15, 0.2) is 11.5 Å². The number of halogens is 2. The molecule has 0 aliphatic heterocycles. The minimum Gasteiger partial charge on any atom is -0.493 e. The molecule has 0 atom stereocenters. The summed E-state index contributed by atoms with van der Waals surface area (Å²) < 4.78 is 37.0. The Hall–Kier alpha value is -1.47. The summed E-state index contributed by atoms with van der Waals surface area (Å²) in [5, 5.41) is 0.659. The van der Waals surface area contributed by atoms with E-state index in [0.717, 1.165) is 5.56 Å². The molecule has 0 spiro atoms. The summed E-state index contributed by atoms with van der Waals surface area (Å²) in [4.78, 5) is 0. The summed E-state index contributed by atoms with van der Waals surface area (Å²) in [6, 6.07) is 10.2. The van der Waals surface area contributed by atoms with E-state index in [1.54, 1.807) is 43.5 Å². The first-order valence-electron chi connectivity index (χ1n) is 7.36. The monoisotopic (exact) mass is 403 g/mol. The van der Waals surface area contributed by atoms with Crippen LogP contribution in [0.3, 0.4) is 0 Å². The van der Waals surface area contributed by atoms with Gasteiger partial charge in [-0.1, -0.05) is 35.3 Å². The fourth-order valence-electron chi connectivity index (χ4n) is 2.30. The molecule has 0 aliphatic rings. The van der Waals surface area contributed by atoms with Crippen LogP contribution >= 0.6 is 23.2 Å². The smallest absolute Gasteiger partial charge is 0.218 e. The summed E-state index contributed by atoms with van der Waals surface area (Å²) in [6.07, 6.45) is 0. The van der Waals surface area contributed by atoms with E-state index in [1.165, 1.54) is 18.5 Å². The Labute approximate surface area is 158 Å². The van der Waals surface area contributed by atoms with Gasteiger partial charge in [-0.15, -0.1) is 0 Å². The van der Waals surface area contributed by atoms with Crippen molar-refractivity contribution in [3.8, 4) is 11.5 Å². The van der Waals surface area contributed by atoms with Gasteiger partial charge in [-0.2, -0.15) is 0 Å². The first kappa shape index (κ1) is 19.8. The first-order valence-corrected chi connectivity index (χ1v) is 9.72. The van der Waals surface area contributed by atoms with E-state index < -0.39 is 10.0 Å². The average molecular weight is 404 g/mol. The van der Waals surface area contributed by atoms with Crippen molar-refractivity contribution in [2.45, 2.75) is 12.3 Å². The fraction of sp³-hybridized carbons (Fsp3) is 0.294. The van der Waals surface area contributed by atoms with Gasteiger partial charge in [0.25, 0.3) is 0 Å². The molecule has 0 bridgehead atoms. The van der Waals surface area contributed by atoms with Crippen molar-refractivity contribution in [3.05, 3.63) is 57.6 Å². The van der Waals surface area contributed by atoms with Crippen LogP contribution in [0.5, 0.6) is 11.5 Å². The van der Waals surface area contributed by atoms with Crippen LogP contribution in [0, 0.1) is 0 Å². The maximum Gasteiger partial charge on any atom is 0.218 e. The highest BCUT2D eigenvalue weighted by Crippen LogP contribution is 2.30. The lowest BCUT2D eigenvalue weighted by molar-refractivity contribution is 0.354. The van der Waals surface area contributed by atoms with E-state index in [1.807, 2.05) is 0 Å². The molecule has 0 aromatic heterocycles. The van der Waals surface area contributed by atoms with Gasteiger partial charge in [0.1, 0.15) is 0 Å². The van der Waals surface area contributed by atoms with E-state index in [4.69, 9.17) is 32.7 Å². The van der Waals surface area contributed by atoms with Crippen LogP contribution in [0.1, 0.15) is 11.1 Å². The minimum absolute atomic E-state index is 0.185. The number of benzene rings is 2. The third-order valence-electron chi connectivity index (χ3n) is 3.72. The predicted octanol–water partition coefficient (Wildman–Crippen LogP) is 3.97. The Morgan fingerprint density at radius 1 is 1.00 bits per heavy atom. The zero-order valence-corrected chi connectivity index (χ0v) is 16.5. The van der Waals surface area contributed by atoms with Crippen molar-refractivity contribution < 1.29 is 17.9 Å². The van der Waals surface area contributed by atoms with E-state index in [9.17, 15) is 8.42 Å². The third kappa shape index (κ3) is 4.79. The molecular weight excluding hydrogens is 385 g/mol. The molecule has 0 saturated heterocycles. The van der Waals surface area contributed by atoms with Crippen molar-refractivity contribution in [3.63, 3.8) is 0 Å². The maximum atomic E-state index is 12.6. The molecular formula is C17H19Cl2NO4S. The molecule has 0 radical (unpaired) electrons. The van der Waals surface area contributed by atoms with Gasteiger partial charge in [-0.25, -0.2) is 12.7 Å². The summed E-state index contributed by atoms with van der Waals surface area (Å²) >= 11 is 12.2. The molecule has 2 aromatic carbocycles. The van der Waals surface area contributed by atoms with Gasteiger partial charge in [-0.3, -0.25) is 0 Å². The molecule has 2 rings (SSSR count). The summed E-state index contributed by atoms with van der Waals surface area (Å²) in [7, 11) is 0.984. The summed E-state index contributed by atoms with van der Waals surface area (Å²) in [5.74, 6) is 0.856. The Balaban J connectivity index is 2.20. The second kappa shape index (κ2) is 8.27. The van der Waals surface area contributed by atoms with Crippen LogP contribution < -0.4 is 9.47 Å². The second-order valence-electron chi connectivity index (χ2n) is 5.40. The molecule has 5 nitrogen and oxygen atoms in total. The molecule has 8 heteroatoms. The topological polar surface area (TPSA) is 55.8 Å². The zero-order valence-electron chi connectivity index (χ0n) is 14.1. The van der Waals surface area contributed by atoms with Gasteiger partial charge in [0.05, 0.1) is 20.0 Å². The van der Waals surface area contributed by atoms with E-state index >= 15 is 0 Å². The zero-order chi connectivity index (χ0) is 18.6. The lowest BCUT2D eigenvalue weighted by atomic mass is 10.2.